The Labute approximate surface area is 172 Å². The van der Waals surface area contributed by atoms with Gasteiger partial charge in [-0.2, -0.15) is 5.10 Å². The predicted molar refractivity (Wildman–Crippen MR) is 107 cm³/mol. The Morgan fingerprint density at radius 3 is 2.82 bits per heavy atom. The van der Waals surface area contributed by atoms with Crippen LogP contribution >= 0.6 is 35.3 Å². The van der Waals surface area contributed by atoms with E-state index in [1.54, 1.807) is 30.3 Å². The van der Waals surface area contributed by atoms with E-state index in [2.05, 4.69) is 30.5 Å². The minimum absolute atomic E-state index is 0.202. The number of hydrogen-bond donors (Lipinski definition) is 2. The number of aliphatic imine (C=N–C) groups is 1. The number of aromatic amines is 1. The summed E-state index contributed by atoms with van der Waals surface area (Å²) in [6, 6.07) is 9.92. The van der Waals surface area contributed by atoms with Crippen molar-refractivity contribution in [2.24, 2.45) is 4.99 Å². The number of rotatable bonds is 5. The van der Waals surface area contributed by atoms with E-state index in [0.717, 1.165) is 17.5 Å². The number of benzene rings is 1. The van der Waals surface area contributed by atoms with Gasteiger partial charge in [0.1, 0.15) is 22.9 Å². The predicted octanol–water partition coefficient (Wildman–Crippen LogP) is 3.47. The number of nitrogens with zero attached hydrogens (tertiary/aromatic N) is 4. The molecule has 3 aromatic rings. The highest BCUT2D eigenvalue weighted by Crippen LogP contribution is 2.33. The molecule has 0 bridgehead atoms. The van der Waals surface area contributed by atoms with Gasteiger partial charge in [-0.25, -0.2) is 14.4 Å². The summed E-state index contributed by atoms with van der Waals surface area (Å²) in [6.45, 7) is 0.673. The van der Waals surface area contributed by atoms with E-state index >= 15 is 0 Å². The average molecular weight is 433 g/mol. The average Bonchev–Trinajstić information content (AvgIpc) is 3.39. The number of amidine groups is 1. The number of hydrogen-bond acceptors (Lipinski definition) is 8. The van der Waals surface area contributed by atoms with Crippen molar-refractivity contribution in [3.63, 3.8) is 0 Å². The molecule has 11 heteroatoms. The summed E-state index contributed by atoms with van der Waals surface area (Å²) in [6.07, 6.45) is 1.40. The number of H-pyrrole nitrogens is 1. The molecule has 0 saturated carbocycles. The molecule has 0 radical (unpaired) electrons. The molecule has 0 aliphatic carbocycles. The number of nitrogens with one attached hydrogen (secondary N) is 2. The van der Waals surface area contributed by atoms with Crippen LogP contribution in [0, 0.1) is 5.82 Å². The van der Waals surface area contributed by atoms with Crippen LogP contribution in [0.2, 0.25) is 0 Å². The van der Waals surface area contributed by atoms with Gasteiger partial charge in [0.25, 0.3) is 5.91 Å². The molecule has 28 heavy (non-hydrogen) atoms. The summed E-state index contributed by atoms with van der Waals surface area (Å²) in [5.74, 6) is 0.100. The molecule has 2 N–H and O–H groups in total. The van der Waals surface area contributed by atoms with Crippen molar-refractivity contribution in [2.75, 3.05) is 12.3 Å². The van der Waals surface area contributed by atoms with Gasteiger partial charge in [0.2, 0.25) is 0 Å². The molecule has 1 amide bonds. The quantitative estimate of drug-likeness (QED) is 0.637. The molecule has 0 unspecified atom stereocenters. The molecule has 7 nitrogen and oxygen atoms in total. The molecular formula is C17H13FN6OS3. The standard InChI is InChI=1S/C17H13FN6OS3/c18-10-3-1-2-4-11(10)27-12-5-6-13(28-17-20-9-21-24-17)22-14(12)15(25)23-16-19-7-8-26-16/h1-6,9H,7-8H2,(H,19,23,25)(H,20,21,24). The van der Waals surface area contributed by atoms with Crippen LogP contribution in [0.3, 0.4) is 0 Å². The lowest BCUT2D eigenvalue weighted by Gasteiger charge is -2.11. The van der Waals surface area contributed by atoms with Gasteiger partial charge < -0.3 is 0 Å². The lowest BCUT2D eigenvalue weighted by atomic mass is 10.3. The molecular weight excluding hydrogens is 419 g/mol. The second-order valence-electron chi connectivity index (χ2n) is 5.41. The first-order valence-corrected chi connectivity index (χ1v) is 10.8. The Kier molecular flexibility index (Phi) is 5.93. The fraction of sp³-hybridized carbons (Fsp3) is 0.118. The molecule has 4 rings (SSSR count). The number of halogens is 1. The maximum atomic E-state index is 14.1. The van der Waals surface area contributed by atoms with E-state index in [-0.39, 0.29) is 17.4 Å². The molecule has 1 aromatic carbocycles. The van der Waals surface area contributed by atoms with Crippen LogP contribution in [0.1, 0.15) is 10.5 Å². The van der Waals surface area contributed by atoms with E-state index in [0.29, 0.717) is 31.7 Å². The second kappa shape index (κ2) is 8.76. The van der Waals surface area contributed by atoms with Crippen LogP contribution in [0.25, 0.3) is 0 Å². The fourth-order valence-corrected chi connectivity index (χ4v) is 4.60. The topological polar surface area (TPSA) is 95.9 Å². The monoisotopic (exact) mass is 432 g/mol. The van der Waals surface area contributed by atoms with Crippen molar-refractivity contribution in [1.82, 2.24) is 25.5 Å². The third kappa shape index (κ3) is 4.54. The first-order chi connectivity index (χ1) is 13.7. The van der Waals surface area contributed by atoms with Crippen LogP contribution in [0.5, 0.6) is 0 Å². The molecule has 1 aliphatic heterocycles. The smallest absolute Gasteiger partial charge is 0.277 e. The van der Waals surface area contributed by atoms with Gasteiger partial charge in [-0.3, -0.25) is 20.2 Å². The maximum absolute atomic E-state index is 14.1. The van der Waals surface area contributed by atoms with Crippen LogP contribution < -0.4 is 5.32 Å². The van der Waals surface area contributed by atoms with Crippen molar-refractivity contribution in [2.45, 2.75) is 20.0 Å². The zero-order valence-electron chi connectivity index (χ0n) is 14.3. The third-order valence-corrected chi connectivity index (χ3v) is 6.32. The van der Waals surface area contributed by atoms with E-state index in [1.165, 1.54) is 35.9 Å². The SMILES string of the molecule is O=C(NC1=NCCS1)c1nc(Sc2ncn[nH]2)ccc1Sc1ccccc1F. The zero-order valence-corrected chi connectivity index (χ0v) is 16.7. The van der Waals surface area contributed by atoms with Gasteiger partial charge in [-0.1, -0.05) is 35.7 Å². The molecule has 2 aromatic heterocycles. The zero-order chi connectivity index (χ0) is 19.3. The number of amides is 1. The lowest BCUT2D eigenvalue weighted by Crippen LogP contribution is -2.28. The molecule has 0 spiro atoms. The second-order valence-corrected chi connectivity index (χ2v) is 8.59. The van der Waals surface area contributed by atoms with Crippen molar-refractivity contribution < 1.29 is 9.18 Å². The summed E-state index contributed by atoms with van der Waals surface area (Å²) >= 11 is 3.88. The van der Waals surface area contributed by atoms with Crippen molar-refractivity contribution >= 4 is 46.4 Å². The number of thioether (sulfide) groups is 1. The van der Waals surface area contributed by atoms with Crippen LogP contribution in [0.15, 0.2) is 67.7 Å². The highest BCUT2D eigenvalue weighted by Gasteiger charge is 2.20. The highest BCUT2D eigenvalue weighted by atomic mass is 32.2. The molecule has 0 atom stereocenters. The summed E-state index contributed by atoms with van der Waals surface area (Å²) in [7, 11) is 0. The Balaban J connectivity index is 1.65. The summed E-state index contributed by atoms with van der Waals surface area (Å²) in [4.78, 5) is 26.6. The van der Waals surface area contributed by atoms with Crippen molar-refractivity contribution in [3.8, 4) is 0 Å². The lowest BCUT2D eigenvalue weighted by molar-refractivity contribution is 0.0969. The molecule has 0 fully saturated rings. The Morgan fingerprint density at radius 2 is 2.07 bits per heavy atom. The van der Waals surface area contributed by atoms with E-state index in [4.69, 9.17) is 0 Å². The number of aromatic nitrogens is 4. The number of carbonyl (C=O) groups excluding carboxylic acids is 1. The Morgan fingerprint density at radius 1 is 1.18 bits per heavy atom. The van der Waals surface area contributed by atoms with Crippen molar-refractivity contribution in [1.29, 1.82) is 0 Å². The molecule has 1 aliphatic rings. The van der Waals surface area contributed by atoms with Gasteiger partial charge in [0.05, 0.1) is 6.54 Å². The van der Waals surface area contributed by atoms with Gasteiger partial charge in [-0.15, -0.1) is 0 Å². The minimum Gasteiger partial charge on any atom is -0.300 e. The van der Waals surface area contributed by atoms with Gasteiger partial charge in [-0.05, 0) is 36.0 Å². The molecule has 0 saturated heterocycles. The van der Waals surface area contributed by atoms with Crippen molar-refractivity contribution in [3.05, 3.63) is 54.2 Å². The normalized spacial score (nSPS) is 13.4. The first kappa shape index (κ1) is 19.0. The number of pyridine rings is 1. The van der Waals surface area contributed by atoms with Crippen LogP contribution in [-0.2, 0) is 0 Å². The minimum atomic E-state index is -0.382. The van der Waals surface area contributed by atoms with Crippen LogP contribution in [-0.4, -0.2) is 43.5 Å². The molecule has 142 valence electrons. The highest BCUT2D eigenvalue weighted by molar-refractivity contribution is 8.14. The summed E-state index contributed by atoms with van der Waals surface area (Å²) in [5, 5.41) is 11.0. The summed E-state index contributed by atoms with van der Waals surface area (Å²) < 4.78 is 14.1. The van der Waals surface area contributed by atoms with Crippen LogP contribution in [0.4, 0.5) is 4.39 Å². The van der Waals surface area contributed by atoms with Gasteiger partial charge in [0.15, 0.2) is 10.3 Å². The first-order valence-electron chi connectivity index (χ1n) is 8.14. The number of carbonyl (C=O) groups is 1. The summed E-state index contributed by atoms with van der Waals surface area (Å²) in [5.41, 5.74) is 0.202. The van der Waals surface area contributed by atoms with E-state index in [9.17, 15) is 9.18 Å². The van der Waals surface area contributed by atoms with E-state index < -0.39 is 0 Å². The fourth-order valence-electron chi connectivity index (χ4n) is 2.29. The largest absolute Gasteiger partial charge is 0.300 e. The Bertz CT molecular complexity index is 1030. The third-order valence-electron chi connectivity index (χ3n) is 3.50. The van der Waals surface area contributed by atoms with Gasteiger partial charge in [0, 0.05) is 15.5 Å². The molecule has 3 heterocycles. The van der Waals surface area contributed by atoms with E-state index in [1.807, 2.05) is 0 Å². The maximum Gasteiger partial charge on any atom is 0.277 e. The van der Waals surface area contributed by atoms with Gasteiger partial charge >= 0.3 is 0 Å². The Hall–Kier alpha value is -2.37.